The van der Waals surface area contributed by atoms with Crippen molar-refractivity contribution >= 4 is 17.8 Å². The van der Waals surface area contributed by atoms with E-state index in [-0.39, 0.29) is 37.1 Å². The molecule has 0 bridgehead atoms. The van der Waals surface area contributed by atoms with Gasteiger partial charge in [0.25, 0.3) is 11.8 Å². The molecule has 1 aliphatic heterocycles. The van der Waals surface area contributed by atoms with Gasteiger partial charge in [0.2, 0.25) is 0 Å². The predicted molar refractivity (Wildman–Crippen MR) is 130 cm³/mol. The lowest BCUT2D eigenvalue weighted by Crippen LogP contribution is -2.49. The molecule has 7 nitrogen and oxygen atoms in total. The van der Waals surface area contributed by atoms with Gasteiger partial charge in [-0.1, -0.05) is 30.3 Å². The highest BCUT2D eigenvalue weighted by Gasteiger charge is 2.29. The maximum absolute atomic E-state index is 12.8. The van der Waals surface area contributed by atoms with Crippen LogP contribution in [0.25, 0.3) is 0 Å². The van der Waals surface area contributed by atoms with Crippen LogP contribution in [0.15, 0.2) is 54.6 Å². The van der Waals surface area contributed by atoms with Crippen LogP contribution in [0.3, 0.4) is 0 Å². The Labute approximate surface area is 201 Å². The number of amides is 2. The van der Waals surface area contributed by atoms with Crippen LogP contribution in [0, 0.1) is 0 Å². The summed E-state index contributed by atoms with van der Waals surface area (Å²) in [6.07, 6.45) is 3.49. The molecule has 3 atom stereocenters. The molecule has 0 aromatic heterocycles. The minimum Gasteiger partial charge on any atom is -0.484 e. The molecule has 182 valence electrons. The minimum atomic E-state index is -0.795. The number of esters is 1. The van der Waals surface area contributed by atoms with E-state index in [4.69, 9.17) is 9.47 Å². The predicted octanol–water partition coefficient (Wildman–Crippen LogP) is 3.76. The molecule has 0 radical (unpaired) electrons. The first kappa shape index (κ1) is 25.3. The number of carbonyl (C=O) groups excluding carboxylic acids is 3. The first-order valence-corrected chi connectivity index (χ1v) is 11.9. The van der Waals surface area contributed by atoms with Crippen LogP contribution in [-0.2, 0) is 20.7 Å². The van der Waals surface area contributed by atoms with E-state index in [1.807, 2.05) is 35.2 Å². The highest BCUT2D eigenvalue weighted by atomic mass is 16.5. The monoisotopic (exact) mass is 466 g/mol. The highest BCUT2D eigenvalue weighted by Crippen LogP contribution is 2.23. The van der Waals surface area contributed by atoms with Gasteiger partial charge in [-0.3, -0.25) is 9.59 Å². The van der Waals surface area contributed by atoms with Crippen molar-refractivity contribution in [3.63, 3.8) is 0 Å². The Kier molecular flexibility index (Phi) is 9.08. The summed E-state index contributed by atoms with van der Waals surface area (Å²) in [6, 6.07) is 15.6. The lowest BCUT2D eigenvalue weighted by molar-refractivity contribution is -0.145. The Hall–Kier alpha value is -3.35. The third-order valence-corrected chi connectivity index (χ3v) is 6.12. The number of hydrogen-bond donors (Lipinski definition) is 1. The molecule has 3 unspecified atom stereocenters. The third kappa shape index (κ3) is 6.83. The van der Waals surface area contributed by atoms with Crippen LogP contribution in [0.2, 0.25) is 0 Å². The molecule has 2 aromatic rings. The van der Waals surface area contributed by atoms with Gasteiger partial charge < -0.3 is 19.7 Å². The van der Waals surface area contributed by atoms with Crippen LogP contribution in [-0.4, -0.2) is 54.0 Å². The zero-order chi connectivity index (χ0) is 24.5. The summed E-state index contributed by atoms with van der Waals surface area (Å²) < 4.78 is 10.8. The van der Waals surface area contributed by atoms with E-state index >= 15 is 0 Å². The summed E-state index contributed by atoms with van der Waals surface area (Å²) in [4.78, 5) is 39.8. The second-order valence-electron chi connectivity index (χ2n) is 8.71. The van der Waals surface area contributed by atoms with Crippen molar-refractivity contribution in [1.82, 2.24) is 10.2 Å². The van der Waals surface area contributed by atoms with Crippen molar-refractivity contribution in [1.29, 1.82) is 0 Å². The second-order valence-corrected chi connectivity index (χ2v) is 8.71. The number of benzene rings is 2. The van der Waals surface area contributed by atoms with Gasteiger partial charge in [0.15, 0.2) is 6.61 Å². The Morgan fingerprint density at radius 1 is 1.00 bits per heavy atom. The Bertz CT molecular complexity index is 951. The van der Waals surface area contributed by atoms with Crippen molar-refractivity contribution in [2.45, 2.75) is 64.6 Å². The van der Waals surface area contributed by atoms with Crippen LogP contribution in [0.1, 0.15) is 56.0 Å². The molecule has 0 spiro atoms. The number of nitrogens with one attached hydrogen (secondary N) is 1. The lowest BCUT2D eigenvalue weighted by atomic mass is 9.97. The van der Waals surface area contributed by atoms with Crippen LogP contribution < -0.4 is 10.1 Å². The van der Waals surface area contributed by atoms with Crippen molar-refractivity contribution in [3.05, 3.63) is 65.7 Å². The van der Waals surface area contributed by atoms with Crippen molar-refractivity contribution in [2.75, 3.05) is 13.2 Å². The molecule has 0 aliphatic carbocycles. The van der Waals surface area contributed by atoms with Gasteiger partial charge in [-0.05, 0) is 69.9 Å². The van der Waals surface area contributed by atoms with E-state index in [0.717, 1.165) is 24.8 Å². The van der Waals surface area contributed by atoms with E-state index < -0.39 is 12.0 Å². The molecular formula is C27H34N2O5. The van der Waals surface area contributed by atoms with Crippen molar-refractivity contribution < 1.29 is 23.9 Å². The number of carbonyl (C=O) groups is 3. The molecule has 2 amide bonds. The molecule has 1 saturated heterocycles. The number of ether oxygens (including phenoxy) is 2. The fourth-order valence-electron chi connectivity index (χ4n) is 4.36. The van der Waals surface area contributed by atoms with Gasteiger partial charge in [0.05, 0.1) is 6.61 Å². The lowest BCUT2D eigenvalue weighted by Gasteiger charge is -2.38. The number of nitrogens with zero attached hydrogens (tertiary/aromatic N) is 1. The fourth-order valence-corrected chi connectivity index (χ4v) is 4.36. The zero-order valence-corrected chi connectivity index (χ0v) is 20.2. The summed E-state index contributed by atoms with van der Waals surface area (Å²) in [7, 11) is 0. The second kappa shape index (κ2) is 12.2. The topological polar surface area (TPSA) is 84.9 Å². The first-order valence-electron chi connectivity index (χ1n) is 11.9. The largest absolute Gasteiger partial charge is 0.484 e. The molecular weight excluding hydrogens is 432 g/mol. The Morgan fingerprint density at radius 3 is 2.26 bits per heavy atom. The Morgan fingerprint density at radius 2 is 1.65 bits per heavy atom. The van der Waals surface area contributed by atoms with Crippen molar-refractivity contribution in [3.8, 4) is 5.75 Å². The van der Waals surface area contributed by atoms with E-state index in [2.05, 4.69) is 19.2 Å². The number of likely N-dealkylation sites (tertiary alicyclic amines) is 1. The van der Waals surface area contributed by atoms with E-state index in [9.17, 15) is 14.4 Å². The normalized spacial score (nSPS) is 18.6. The highest BCUT2D eigenvalue weighted by molar-refractivity contribution is 5.97. The van der Waals surface area contributed by atoms with Gasteiger partial charge in [-0.25, -0.2) is 4.79 Å². The van der Waals surface area contributed by atoms with Gasteiger partial charge in [0, 0.05) is 24.1 Å². The molecule has 7 heteroatoms. The smallest absolute Gasteiger partial charge is 0.328 e. The molecule has 0 saturated carbocycles. The van der Waals surface area contributed by atoms with E-state index in [1.54, 1.807) is 31.2 Å². The van der Waals surface area contributed by atoms with Crippen LogP contribution in [0.4, 0.5) is 0 Å². The van der Waals surface area contributed by atoms with Gasteiger partial charge in [0.1, 0.15) is 11.8 Å². The molecule has 3 rings (SSSR count). The summed E-state index contributed by atoms with van der Waals surface area (Å²) in [6.45, 7) is 6.07. The number of rotatable bonds is 9. The Balaban J connectivity index is 1.58. The fraction of sp³-hybridized carbons (Fsp3) is 0.444. The van der Waals surface area contributed by atoms with E-state index in [1.165, 1.54) is 0 Å². The molecule has 1 fully saturated rings. The summed E-state index contributed by atoms with van der Waals surface area (Å²) >= 11 is 0. The number of piperidine rings is 1. The van der Waals surface area contributed by atoms with Gasteiger partial charge in [-0.2, -0.15) is 0 Å². The average Bonchev–Trinajstić information content (AvgIpc) is 2.83. The summed E-state index contributed by atoms with van der Waals surface area (Å²) in [5.41, 5.74) is 1.31. The maximum atomic E-state index is 12.8. The van der Waals surface area contributed by atoms with Crippen LogP contribution >= 0.6 is 0 Å². The van der Waals surface area contributed by atoms with Crippen LogP contribution in [0.5, 0.6) is 5.75 Å². The summed E-state index contributed by atoms with van der Waals surface area (Å²) in [5, 5.41) is 2.77. The third-order valence-electron chi connectivity index (χ3n) is 6.12. The number of hydrogen-bond acceptors (Lipinski definition) is 5. The zero-order valence-electron chi connectivity index (χ0n) is 20.2. The summed E-state index contributed by atoms with van der Waals surface area (Å²) in [5.74, 6) is -0.375. The van der Waals surface area contributed by atoms with Gasteiger partial charge in [-0.15, -0.1) is 0 Å². The maximum Gasteiger partial charge on any atom is 0.328 e. The van der Waals surface area contributed by atoms with Crippen molar-refractivity contribution in [2.24, 2.45) is 0 Å². The minimum absolute atomic E-state index is 0.0280. The molecule has 2 aromatic carbocycles. The van der Waals surface area contributed by atoms with Gasteiger partial charge >= 0.3 is 5.97 Å². The molecule has 1 aliphatic rings. The molecule has 1 heterocycles. The molecule has 1 N–H and O–H groups in total. The average molecular weight is 467 g/mol. The quantitative estimate of drug-likeness (QED) is 0.569. The first-order chi connectivity index (χ1) is 16.4. The van der Waals surface area contributed by atoms with E-state index in [0.29, 0.717) is 17.7 Å². The standard InChI is InChI=1S/C27H34N2O5/c1-4-33-27(32)24(17-21-11-6-5-7-12-21)28-26(31)22-13-15-23(16-14-22)34-18-25(30)29-19(2)9-8-10-20(29)3/h5-7,11-16,19-20,24H,4,8-10,17-18H2,1-3H3,(H,28,31). The molecule has 34 heavy (non-hydrogen) atoms. The SMILES string of the molecule is CCOC(=O)C(Cc1ccccc1)NC(=O)c1ccc(OCC(=O)N2C(C)CCCC2C)cc1.